The summed E-state index contributed by atoms with van der Waals surface area (Å²) in [5, 5.41) is 8.55. The molecule has 3 amide bonds. The lowest BCUT2D eigenvalue weighted by molar-refractivity contribution is 0.00521. The minimum Gasteiger partial charge on any atom is -0.493 e. The van der Waals surface area contributed by atoms with Gasteiger partial charge in [-0.15, -0.1) is 0 Å². The van der Waals surface area contributed by atoms with Gasteiger partial charge >= 0.3 is 6.09 Å². The summed E-state index contributed by atoms with van der Waals surface area (Å²) in [6.07, 6.45) is 1.56. The van der Waals surface area contributed by atoms with Crippen LogP contribution >= 0.6 is 11.6 Å². The first-order valence-corrected chi connectivity index (χ1v) is 15.9. The molecule has 0 saturated heterocycles. The molecule has 1 atom stereocenters. The van der Waals surface area contributed by atoms with E-state index in [4.69, 9.17) is 35.3 Å². The number of aryl methyl sites for hydroxylation is 1. The number of benzene rings is 2. The standard InChI is InChI=1S/C36H40ClN5O8/c1-22-9-12-26(33(43)41-27-8-7-15-38-32(27)34(44)42-31-14-11-24(37)18-39-31)29(16-22)49-21-25(19-40-35(45)50-36(2,3)4)48-20-23-10-13-28(46-5)30(17-23)47-6/h7-18,25H,19-21H2,1-6H3,(H,40,45)(H,41,43)(H,39,42,44)/t25-/m1/s1. The number of aromatic nitrogens is 2. The van der Waals surface area contributed by atoms with Gasteiger partial charge in [0.05, 0.1) is 43.6 Å². The van der Waals surface area contributed by atoms with Gasteiger partial charge in [-0.2, -0.15) is 0 Å². The van der Waals surface area contributed by atoms with Gasteiger partial charge in [0, 0.05) is 12.4 Å². The first kappa shape index (κ1) is 37.4. The highest BCUT2D eigenvalue weighted by Gasteiger charge is 2.22. The lowest BCUT2D eigenvalue weighted by atomic mass is 10.1. The molecule has 0 aliphatic heterocycles. The first-order chi connectivity index (χ1) is 23.8. The quantitative estimate of drug-likeness (QED) is 0.133. The van der Waals surface area contributed by atoms with E-state index in [1.165, 1.54) is 12.4 Å². The second kappa shape index (κ2) is 17.3. The molecule has 0 aliphatic rings. The molecule has 0 fully saturated rings. The molecule has 0 radical (unpaired) electrons. The largest absolute Gasteiger partial charge is 0.493 e. The molecule has 4 aromatic rings. The van der Waals surface area contributed by atoms with Gasteiger partial charge in [-0.3, -0.25) is 9.59 Å². The molecule has 0 spiro atoms. The third-order valence-electron chi connectivity index (χ3n) is 6.85. The van der Waals surface area contributed by atoms with Crippen LogP contribution in [0.2, 0.25) is 5.02 Å². The van der Waals surface area contributed by atoms with Crippen molar-refractivity contribution in [1.29, 1.82) is 0 Å². The van der Waals surface area contributed by atoms with Crippen LogP contribution in [-0.4, -0.2) is 67.0 Å². The number of methoxy groups -OCH3 is 2. The normalized spacial score (nSPS) is 11.6. The number of pyridine rings is 2. The van der Waals surface area contributed by atoms with Gasteiger partial charge < -0.3 is 39.6 Å². The highest BCUT2D eigenvalue weighted by molar-refractivity contribution is 6.30. The summed E-state index contributed by atoms with van der Waals surface area (Å²) in [7, 11) is 3.10. The van der Waals surface area contributed by atoms with Crippen LogP contribution in [0.5, 0.6) is 17.2 Å². The number of alkyl carbamates (subject to hydrolysis) is 1. The van der Waals surface area contributed by atoms with Crippen molar-refractivity contribution in [3.05, 3.63) is 100 Å². The number of ether oxygens (including phenoxy) is 5. The molecule has 14 heteroatoms. The number of carbonyl (C=O) groups is 3. The number of halogens is 1. The Morgan fingerprint density at radius 3 is 2.36 bits per heavy atom. The number of amides is 3. The Kier molecular flexibility index (Phi) is 13.0. The first-order valence-electron chi connectivity index (χ1n) is 15.6. The van der Waals surface area contributed by atoms with Crippen molar-refractivity contribution in [2.24, 2.45) is 0 Å². The number of nitrogens with zero attached hydrogens (tertiary/aromatic N) is 2. The van der Waals surface area contributed by atoms with E-state index < -0.39 is 29.6 Å². The Bertz CT molecular complexity index is 1800. The monoisotopic (exact) mass is 705 g/mol. The third-order valence-corrected chi connectivity index (χ3v) is 7.08. The van der Waals surface area contributed by atoms with Crippen LogP contribution in [0.15, 0.2) is 73.1 Å². The maximum atomic E-state index is 13.6. The van der Waals surface area contributed by atoms with E-state index in [2.05, 4.69) is 25.9 Å². The summed E-state index contributed by atoms with van der Waals surface area (Å²) < 4.78 is 28.5. The van der Waals surface area contributed by atoms with Crippen molar-refractivity contribution in [1.82, 2.24) is 15.3 Å². The molecule has 2 heterocycles. The Morgan fingerprint density at radius 2 is 1.66 bits per heavy atom. The van der Waals surface area contributed by atoms with E-state index in [0.717, 1.165) is 11.1 Å². The minimum atomic E-state index is -0.692. The molecule has 4 rings (SSSR count). The zero-order valence-corrected chi connectivity index (χ0v) is 29.4. The van der Waals surface area contributed by atoms with Crippen LogP contribution < -0.4 is 30.2 Å². The second-order valence-electron chi connectivity index (χ2n) is 12.0. The predicted molar refractivity (Wildman–Crippen MR) is 188 cm³/mol. The van der Waals surface area contributed by atoms with Gasteiger partial charge in [0.25, 0.3) is 11.8 Å². The molecule has 2 aromatic heterocycles. The van der Waals surface area contributed by atoms with Crippen LogP contribution in [0.4, 0.5) is 16.3 Å². The fourth-order valence-corrected chi connectivity index (χ4v) is 4.59. The van der Waals surface area contributed by atoms with E-state index in [9.17, 15) is 14.4 Å². The molecular formula is C36H40ClN5O8. The van der Waals surface area contributed by atoms with E-state index in [1.54, 1.807) is 89.6 Å². The lowest BCUT2D eigenvalue weighted by Crippen LogP contribution is -2.40. The van der Waals surface area contributed by atoms with Gasteiger partial charge in [0.1, 0.15) is 29.9 Å². The molecule has 0 unspecified atom stereocenters. The fraction of sp³-hybridized carbons (Fsp3) is 0.306. The van der Waals surface area contributed by atoms with Crippen molar-refractivity contribution in [3.8, 4) is 17.2 Å². The Labute approximate surface area is 295 Å². The van der Waals surface area contributed by atoms with Gasteiger partial charge in [0.2, 0.25) is 0 Å². The highest BCUT2D eigenvalue weighted by atomic mass is 35.5. The van der Waals surface area contributed by atoms with E-state index in [0.29, 0.717) is 16.5 Å². The number of hydrogen-bond acceptors (Lipinski definition) is 10. The van der Waals surface area contributed by atoms with E-state index in [-0.39, 0.29) is 48.3 Å². The summed E-state index contributed by atoms with van der Waals surface area (Å²) in [6, 6.07) is 16.8. The average molecular weight is 706 g/mol. The number of nitrogens with one attached hydrogen (secondary N) is 3. The van der Waals surface area contributed by atoms with Crippen molar-refractivity contribution in [2.75, 3.05) is 38.0 Å². The number of hydrogen-bond donors (Lipinski definition) is 3. The van der Waals surface area contributed by atoms with Crippen molar-refractivity contribution < 1.29 is 38.1 Å². The highest BCUT2D eigenvalue weighted by Crippen LogP contribution is 2.28. The molecule has 3 N–H and O–H groups in total. The molecule has 0 saturated carbocycles. The third kappa shape index (κ3) is 11.1. The number of carbonyl (C=O) groups excluding carboxylic acids is 3. The van der Waals surface area contributed by atoms with Gasteiger partial charge in [-0.25, -0.2) is 14.8 Å². The fourth-order valence-electron chi connectivity index (χ4n) is 4.48. The van der Waals surface area contributed by atoms with Crippen molar-refractivity contribution in [3.63, 3.8) is 0 Å². The average Bonchev–Trinajstić information content (AvgIpc) is 3.08. The van der Waals surface area contributed by atoms with E-state index in [1.807, 2.05) is 13.0 Å². The van der Waals surface area contributed by atoms with Crippen LogP contribution in [0, 0.1) is 6.92 Å². The minimum absolute atomic E-state index is 0.0241. The summed E-state index contributed by atoms with van der Waals surface area (Å²) in [5.41, 5.74) is 1.29. The molecule has 50 heavy (non-hydrogen) atoms. The maximum absolute atomic E-state index is 13.6. The summed E-state index contributed by atoms with van der Waals surface area (Å²) in [6.45, 7) is 7.32. The summed E-state index contributed by atoms with van der Waals surface area (Å²) in [4.78, 5) is 47.4. The Balaban J connectivity index is 1.50. The van der Waals surface area contributed by atoms with Crippen molar-refractivity contribution in [2.45, 2.75) is 46.0 Å². The lowest BCUT2D eigenvalue weighted by Gasteiger charge is -2.23. The van der Waals surface area contributed by atoms with Gasteiger partial charge in [0.15, 0.2) is 17.2 Å². The smallest absolute Gasteiger partial charge is 0.407 e. The number of anilines is 2. The van der Waals surface area contributed by atoms with E-state index >= 15 is 0 Å². The Morgan fingerprint density at radius 1 is 0.880 bits per heavy atom. The maximum Gasteiger partial charge on any atom is 0.407 e. The van der Waals surface area contributed by atoms with Crippen molar-refractivity contribution >= 4 is 41.0 Å². The summed E-state index contributed by atoms with van der Waals surface area (Å²) in [5.74, 6) is 0.523. The van der Waals surface area contributed by atoms with Crippen LogP contribution in [0.1, 0.15) is 52.7 Å². The van der Waals surface area contributed by atoms with Crippen LogP contribution in [0.3, 0.4) is 0 Å². The predicted octanol–water partition coefficient (Wildman–Crippen LogP) is 6.45. The molecule has 13 nitrogen and oxygen atoms in total. The van der Waals surface area contributed by atoms with Gasteiger partial charge in [-0.1, -0.05) is 23.7 Å². The molecule has 264 valence electrons. The zero-order chi connectivity index (χ0) is 36.3. The molecular weight excluding hydrogens is 666 g/mol. The molecule has 0 bridgehead atoms. The zero-order valence-electron chi connectivity index (χ0n) is 28.7. The number of rotatable bonds is 14. The molecule has 2 aromatic carbocycles. The summed E-state index contributed by atoms with van der Waals surface area (Å²) >= 11 is 5.90. The van der Waals surface area contributed by atoms with Gasteiger partial charge in [-0.05, 0) is 87.4 Å². The second-order valence-corrected chi connectivity index (χ2v) is 12.4. The SMILES string of the molecule is COc1ccc(CO[C@H](CNC(=O)OC(C)(C)C)COc2cc(C)ccc2C(=O)Nc2cccnc2C(=O)Nc2ccc(Cl)cn2)cc1OC. The van der Waals surface area contributed by atoms with Crippen LogP contribution in [-0.2, 0) is 16.1 Å². The molecule has 0 aliphatic carbocycles. The van der Waals surface area contributed by atoms with Crippen LogP contribution in [0.25, 0.3) is 0 Å². The Hall–Kier alpha value is -5.40. The topological polar surface area (TPSA) is 159 Å².